The van der Waals surface area contributed by atoms with Crippen LogP contribution in [0.2, 0.25) is 0 Å². The van der Waals surface area contributed by atoms with Crippen LogP contribution in [-0.4, -0.2) is 24.0 Å². The number of halogens is 1. The Morgan fingerprint density at radius 1 is 1.08 bits per heavy atom. The minimum atomic E-state index is -0.354. The summed E-state index contributed by atoms with van der Waals surface area (Å²) in [6.45, 7) is 5.16. The van der Waals surface area contributed by atoms with Crippen molar-refractivity contribution < 1.29 is 9.18 Å². The third-order valence-corrected chi connectivity index (χ3v) is 4.24. The maximum absolute atomic E-state index is 12.9. The maximum atomic E-state index is 12.9. The van der Waals surface area contributed by atoms with Crippen LogP contribution >= 0.6 is 0 Å². The van der Waals surface area contributed by atoms with Gasteiger partial charge in [0.05, 0.1) is 5.52 Å². The highest BCUT2D eigenvalue weighted by Gasteiger charge is 2.07. The standard InChI is InChI=1S/C21H22FN3O/c1-3-15-13-17-5-4-14(2)12-19(17)25-20(15)23-10-11-24-21(26)16-6-8-18(22)9-7-16/h4-9,12-13H,3,10-11H2,1-2H3,(H,23,25)(H,24,26). The number of nitrogens with one attached hydrogen (secondary N) is 2. The third-order valence-electron chi connectivity index (χ3n) is 4.24. The predicted molar refractivity (Wildman–Crippen MR) is 103 cm³/mol. The van der Waals surface area contributed by atoms with E-state index in [0.717, 1.165) is 28.7 Å². The summed E-state index contributed by atoms with van der Waals surface area (Å²) in [5.74, 6) is 0.277. The molecule has 1 aromatic heterocycles. The molecule has 3 aromatic rings. The van der Waals surface area contributed by atoms with Gasteiger partial charge in [0.25, 0.3) is 5.91 Å². The van der Waals surface area contributed by atoms with Gasteiger partial charge < -0.3 is 10.6 Å². The average molecular weight is 351 g/mol. The molecule has 1 heterocycles. The topological polar surface area (TPSA) is 54.0 Å². The zero-order valence-electron chi connectivity index (χ0n) is 15.0. The van der Waals surface area contributed by atoms with Gasteiger partial charge in [-0.3, -0.25) is 4.79 Å². The van der Waals surface area contributed by atoms with Crippen molar-refractivity contribution in [1.82, 2.24) is 10.3 Å². The Hall–Kier alpha value is -2.95. The van der Waals surface area contributed by atoms with Crippen LogP contribution < -0.4 is 10.6 Å². The molecule has 26 heavy (non-hydrogen) atoms. The van der Waals surface area contributed by atoms with Gasteiger partial charge in [0.2, 0.25) is 0 Å². The molecule has 0 fully saturated rings. The first-order valence-corrected chi connectivity index (χ1v) is 8.74. The second-order valence-electron chi connectivity index (χ2n) is 6.24. The molecule has 0 aliphatic carbocycles. The SMILES string of the molecule is CCc1cc2ccc(C)cc2nc1NCCNC(=O)c1ccc(F)cc1. The van der Waals surface area contributed by atoms with Crippen molar-refractivity contribution in [2.24, 2.45) is 0 Å². The van der Waals surface area contributed by atoms with Gasteiger partial charge in [-0.2, -0.15) is 0 Å². The van der Waals surface area contributed by atoms with E-state index in [1.54, 1.807) is 0 Å². The van der Waals surface area contributed by atoms with Crippen molar-refractivity contribution in [2.45, 2.75) is 20.3 Å². The van der Waals surface area contributed by atoms with E-state index in [2.05, 4.69) is 41.8 Å². The van der Waals surface area contributed by atoms with Crippen molar-refractivity contribution in [3.05, 3.63) is 71.0 Å². The van der Waals surface area contributed by atoms with Crippen molar-refractivity contribution in [3.63, 3.8) is 0 Å². The molecule has 2 aromatic carbocycles. The zero-order chi connectivity index (χ0) is 18.5. The Morgan fingerprint density at radius 3 is 2.58 bits per heavy atom. The number of anilines is 1. The van der Waals surface area contributed by atoms with Crippen molar-refractivity contribution in [2.75, 3.05) is 18.4 Å². The largest absolute Gasteiger partial charge is 0.368 e. The molecule has 0 radical (unpaired) electrons. The minimum absolute atomic E-state index is 0.218. The van der Waals surface area contributed by atoms with E-state index in [0.29, 0.717) is 18.7 Å². The summed E-state index contributed by atoms with van der Waals surface area (Å²) in [6.07, 6.45) is 0.876. The Labute approximate surface area is 152 Å². The number of nitrogens with zero attached hydrogens (tertiary/aromatic N) is 1. The van der Waals surface area contributed by atoms with Gasteiger partial charge in [-0.05, 0) is 60.9 Å². The normalized spacial score (nSPS) is 10.7. The fraction of sp³-hybridized carbons (Fsp3) is 0.238. The average Bonchev–Trinajstić information content (AvgIpc) is 2.64. The van der Waals surface area contributed by atoms with E-state index in [9.17, 15) is 9.18 Å². The fourth-order valence-electron chi connectivity index (χ4n) is 2.80. The molecule has 3 rings (SSSR count). The van der Waals surface area contributed by atoms with Gasteiger partial charge in [0.1, 0.15) is 11.6 Å². The van der Waals surface area contributed by atoms with E-state index in [1.807, 2.05) is 6.92 Å². The number of pyridine rings is 1. The van der Waals surface area contributed by atoms with Crippen LogP contribution in [0.15, 0.2) is 48.5 Å². The lowest BCUT2D eigenvalue weighted by Crippen LogP contribution is -2.29. The quantitative estimate of drug-likeness (QED) is 0.658. The summed E-state index contributed by atoms with van der Waals surface area (Å²) in [6, 6.07) is 13.9. The molecule has 0 aliphatic rings. The monoisotopic (exact) mass is 351 g/mol. The fourth-order valence-corrected chi connectivity index (χ4v) is 2.80. The van der Waals surface area contributed by atoms with E-state index in [-0.39, 0.29) is 11.7 Å². The summed E-state index contributed by atoms with van der Waals surface area (Å²) in [7, 11) is 0. The van der Waals surface area contributed by atoms with Crippen LogP contribution in [0, 0.1) is 12.7 Å². The maximum Gasteiger partial charge on any atom is 0.251 e. The first-order valence-electron chi connectivity index (χ1n) is 8.74. The van der Waals surface area contributed by atoms with Crippen LogP contribution in [-0.2, 0) is 6.42 Å². The highest BCUT2D eigenvalue weighted by Crippen LogP contribution is 2.21. The molecule has 2 N–H and O–H groups in total. The molecule has 0 saturated heterocycles. The Balaban J connectivity index is 1.62. The van der Waals surface area contributed by atoms with Crippen molar-refractivity contribution in [1.29, 1.82) is 0 Å². The number of rotatable bonds is 6. The van der Waals surface area contributed by atoms with Crippen LogP contribution in [0.1, 0.15) is 28.4 Å². The predicted octanol–water partition coefficient (Wildman–Crippen LogP) is 4.09. The smallest absolute Gasteiger partial charge is 0.251 e. The second kappa shape index (κ2) is 7.95. The molecule has 0 bridgehead atoms. The lowest BCUT2D eigenvalue weighted by molar-refractivity contribution is 0.0955. The molecule has 0 saturated carbocycles. The summed E-state index contributed by atoms with van der Waals surface area (Å²) >= 11 is 0. The van der Waals surface area contributed by atoms with Crippen LogP contribution in [0.4, 0.5) is 10.2 Å². The Kier molecular flexibility index (Phi) is 5.46. The number of hydrogen-bond donors (Lipinski definition) is 2. The molecule has 4 nitrogen and oxygen atoms in total. The number of aryl methyl sites for hydroxylation is 2. The molecule has 134 valence electrons. The van der Waals surface area contributed by atoms with Gasteiger partial charge in [0.15, 0.2) is 0 Å². The molecule has 0 aliphatic heterocycles. The molecule has 0 spiro atoms. The van der Waals surface area contributed by atoms with Crippen LogP contribution in [0.5, 0.6) is 0 Å². The molecule has 5 heteroatoms. The zero-order valence-corrected chi connectivity index (χ0v) is 15.0. The summed E-state index contributed by atoms with van der Waals surface area (Å²) in [5, 5.41) is 7.25. The second-order valence-corrected chi connectivity index (χ2v) is 6.24. The van der Waals surface area contributed by atoms with Gasteiger partial charge in [0, 0.05) is 24.0 Å². The van der Waals surface area contributed by atoms with Gasteiger partial charge in [-0.25, -0.2) is 9.37 Å². The first-order chi connectivity index (χ1) is 12.6. The first kappa shape index (κ1) is 17.9. The van der Waals surface area contributed by atoms with Gasteiger partial charge >= 0.3 is 0 Å². The summed E-state index contributed by atoms with van der Waals surface area (Å²) in [4.78, 5) is 16.8. The number of aromatic nitrogens is 1. The Bertz CT molecular complexity index is 922. The number of benzene rings is 2. The highest BCUT2D eigenvalue weighted by atomic mass is 19.1. The minimum Gasteiger partial charge on any atom is -0.368 e. The Morgan fingerprint density at radius 2 is 1.85 bits per heavy atom. The molecule has 1 amide bonds. The number of fused-ring (bicyclic) bond motifs is 1. The van der Waals surface area contributed by atoms with Crippen LogP contribution in [0.25, 0.3) is 10.9 Å². The van der Waals surface area contributed by atoms with Crippen molar-refractivity contribution >= 4 is 22.6 Å². The number of hydrogen-bond acceptors (Lipinski definition) is 3. The van der Waals surface area contributed by atoms with Crippen molar-refractivity contribution in [3.8, 4) is 0 Å². The summed E-state index contributed by atoms with van der Waals surface area (Å²) < 4.78 is 12.9. The molecular weight excluding hydrogens is 329 g/mol. The third kappa shape index (κ3) is 4.17. The number of amides is 1. The highest BCUT2D eigenvalue weighted by molar-refractivity contribution is 5.94. The van der Waals surface area contributed by atoms with Crippen LogP contribution in [0.3, 0.4) is 0 Å². The van der Waals surface area contributed by atoms with E-state index in [1.165, 1.54) is 29.8 Å². The lowest BCUT2D eigenvalue weighted by atomic mass is 10.1. The molecule has 0 atom stereocenters. The number of carbonyl (C=O) groups excluding carboxylic acids is 1. The van der Waals surface area contributed by atoms with E-state index >= 15 is 0 Å². The molecular formula is C21H22FN3O. The molecule has 0 unspecified atom stereocenters. The van der Waals surface area contributed by atoms with E-state index < -0.39 is 0 Å². The van der Waals surface area contributed by atoms with Gasteiger partial charge in [-0.1, -0.05) is 19.1 Å². The van der Waals surface area contributed by atoms with Gasteiger partial charge in [-0.15, -0.1) is 0 Å². The lowest BCUT2D eigenvalue weighted by Gasteiger charge is -2.12. The number of carbonyl (C=O) groups is 1. The summed E-state index contributed by atoms with van der Waals surface area (Å²) in [5.41, 5.74) is 3.72. The van der Waals surface area contributed by atoms with E-state index in [4.69, 9.17) is 4.98 Å².